The quantitative estimate of drug-likeness (QED) is 0.343. The zero-order valence-corrected chi connectivity index (χ0v) is 13.4. The molecule has 0 rings (SSSR count). The third kappa shape index (κ3) is 18.6. The van der Waals surface area contributed by atoms with Gasteiger partial charge in [0.2, 0.25) is 0 Å². The molecule has 0 bridgehead atoms. The number of hydrogen-bond acceptors (Lipinski definition) is 0. The second kappa shape index (κ2) is 18.4. The lowest BCUT2D eigenvalue weighted by Crippen LogP contribution is -1.95. The average Bonchev–Trinajstić information content (AvgIpc) is 2.37. The lowest BCUT2D eigenvalue weighted by atomic mass is 9.96. The van der Waals surface area contributed by atoms with Crippen LogP contribution >= 0.6 is 0 Å². The Morgan fingerprint density at radius 1 is 0.588 bits per heavy atom. The third-order valence-electron chi connectivity index (χ3n) is 3.35. The summed E-state index contributed by atoms with van der Waals surface area (Å²) in [5.74, 6) is 0.975. The van der Waals surface area contributed by atoms with Crippen LogP contribution in [0.15, 0.2) is 0 Å². The van der Waals surface area contributed by atoms with Crippen LogP contribution in [0.3, 0.4) is 0 Å². The molecule has 0 nitrogen and oxygen atoms in total. The Hall–Kier alpha value is 0. The van der Waals surface area contributed by atoms with Crippen LogP contribution in [0.5, 0.6) is 0 Å². The number of unbranched alkanes of at least 4 members (excludes halogenated alkanes) is 7. The maximum atomic E-state index is 2.44. The summed E-state index contributed by atoms with van der Waals surface area (Å²) in [7, 11) is 0. The maximum absolute atomic E-state index is 2.44. The minimum Gasteiger partial charge on any atom is -0.0683 e. The fourth-order valence-corrected chi connectivity index (χ4v) is 2.16. The molecule has 0 spiro atoms. The molecule has 0 N–H and O–H groups in total. The molecule has 0 heterocycles. The van der Waals surface area contributed by atoms with Crippen LogP contribution in [0, 0.1) is 5.92 Å². The largest absolute Gasteiger partial charge is 0.0683 e. The first-order valence-electron chi connectivity index (χ1n) is 8.31. The summed E-state index contributed by atoms with van der Waals surface area (Å²) in [6, 6.07) is 0. The van der Waals surface area contributed by atoms with E-state index in [1.807, 2.05) is 13.8 Å². The Balaban J connectivity index is 0. The molecule has 0 saturated heterocycles. The van der Waals surface area contributed by atoms with E-state index in [9.17, 15) is 0 Å². The highest BCUT2D eigenvalue weighted by molar-refractivity contribution is 4.55. The van der Waals surface area contributed by atoms with E-state index < -0.39 is 0 Å². The summed E-state index contributed by atoms with van der Waals surface area (Å²) in [5.41, 5.74) is 0. The number of hydrogen-bond donors (Lipinski definition) is 0. The van der Waals surface area contributed by atoms with Gasteiger partial charge in [0.15, 0.2) is 0 Å². The van der Waals surface area contributed by atoms with E-state index >= 15 is 0 Å². The van der Waals surface area contributed by atoms with Gasteiger partial charge in [-0.2, -0.15) is 0 Å². The van der Waals surface area contributed by atoms with Gasteiger partial charge in [-0.1, -0.05) is 105 Å². The molecule has 0 aliphatic heterocycles. The fraction of sp³-hybridized carbons (Fsp3) is 1.00. The van der Waals surface area contributed by atoms with Crippen molar-refractivity contribution < 1.29 is 0 Å². The molecule has 0 aromatic rings. The van der Waals surface area contributed by atoms with Gasteiger partial charge in [0, 0.05) is 0 Å². The van der Waals surface area contributed by atoms with Crippen molar-refractivity contribution in [1.29, 1.82) is 0 Å². The highest BCUT2D eigenvalue weighted by Crippen LogP contribution is 2.17. The second-order valence-electron chi connectivity index (χ2n) is 5.16. The van der Waals surface area contributed by atoms with Crippen LogP contribution in [0.2, 0.25) is 0 Å². The van der Waals surface area contributed by atoms with Crippen molar-refractivity contribution in [3.05, 3.63) is 0 Å². The minimum atomic E-state index is 0.975. The van der Waals surface area contributed by atoms with Gasteiger partial charge in [0.1, 0.15) is 0 Å². The minimum absolute atomic E-state index is 0.975. The van der Waals surface area contributed by atoms with Gasteiger partial charge in [0.05, 0.1) is 0 Å². The van der Waals surface area contributed by atoms with Gasteiger partial charge in [-0.3, -0.25) is 0 Å². The first-order valence-corrected chi connectivity index (χ1v) is 8.31. The molecule has 0 aliphatic rings. The van der Waals surface area contributed by atoms with Crippen molar-refractivity contribution >= 4 is 0 Å². The normalized spacial score (nSPS) is 11.8. The van der Waals surface area contributed by atoms with E-state index in [0.29, 0.717) is 0 Å². The van der Waals surface area contributed by atoms with E-state index in [-0.39, 0.29) is 0 Å². The third-order valence-corrected chi connectivity index (χ3v) is 3.35. The Bertz CT molecular complexity index is 107. The molecule has 106 valence electrons. The van der Waals surface area contributed by atoms with Gasteiger partial charge in [0.25, 0.3) is 0 Å². The van der Waals surface area contributed by atoms with Crippen molar-refractivity contribution in [3.8, 4) is 0 Å². The van der Waals surface area contributed by atoms with Crippen LogP contribution in [-0.2, 0) is 0 Å². The molecular formula is C17H38. The van der Waals surface area contributed by atoms with Crippen LogP contribution in [0.1, 0.15) is 105 Å². The Morgan fingerprint density at radius 3 is 1.35 bits per heavy atom. The van der Waals surface area contributed by atoms with Gasteiger partial charge < -0.3 is 0 Å². The SMILES string of the molecule is CC.CCCCCCCC(C)CCCCCC. The van der Waals surface area contributed by atoms with Crippen molar-refractivity contribution in [1.82, 2.24) is 0 Å². The monoisotopic (exact) mass is 242 g/mol. The van der Waals surface area contributed by atoms with Gasteiger partial charge in [-0.25, -0.2) is 0 Å². The van der Waals surface area contributed by atoms with Gasteiger partial charge in [-0.05, 0) is 5.92 Å². The zero-order valence-electron chi connectivity index (χ0n) is 13.4. The molecule has 0 amide bonds. The summed E-state index contributed by atoms with van der Waals surface area (Å²) in [6.07, 6.45) is 15.8. The predicted octanol–water partition coefficient (Wildman–Crippen LogP) is 6.98. The molecule has 0 radical (unpaired) electrons. The molecule has 0 aromatic heterocycles. The maximum Gasteiger partial charge on any atom is -0.0443 e. The standard InChI is InChI=1S/C15H32.C2H6/c1-4-6-8-10-12-14-15(3)13-11-9-7-5-2;1-2/h15H,4-14H2,1-3H3;1-2H3. The van der Waals surface area contributed by atoms with E-state index in [2.05, 4.69) is 20.8 Å². The molecule has 0 saturated carbocycles. The zero-order chi connectivity index (χ0) is 13.4. The van der Waals surface area contributed by atoms with Crippen LogP contribution < -0.4 is 0 Å². The highest BCUT2D eigenvalue weighted by Gasteiger charge is 2.01. The van der Waals surface area contributed by atoms with Crippen LogP contribution in [-0.4, -0.2) is 0 Å². The van der Waals surface area contributed by atoms with Crippen molar-refractivity contribution in [3.63, 3.8) is 0 Å². The molecule has 0 fully saturated rings. The molecule has 0 aliphatic carbocycles. The smallest absolute Gasteiger partial charge is 0.0443 e. The Labute approximate surface area is 112 Å². The van der Waals surface area contributed by atoms with Gasteiger partial charge >= 0.3 is 0 Å². The average molecular weight is 242 g/mol. The fourth-order valence-electron chi connectivity index (χ4n) is 2.16. The molecule has 0 aromatic carbocycles. The van der Waals surface area contributed by atoms with E-state index in [1.165, 1.54) is 70.6 Å². The first kappa shape index (κ1) is 19.3. The van der Waals surface area contributed by atoms with Crippen LogP contribution in [0.25, 0.3) is 0 Å². The van der Waals surface area contributed by atoms with Gasteiger partial charge in [-0.15, -0.1) is 0 Å². The second-order valence-corrected chi connectivity index (χ2v) is 5.16. The lowest BCUT2D eigenvalue weighted by molar-refractivity contribution is 0.435. The molecule has 1 atom stereocenters. The summed E-state index contributed by atoms with van der Waals surface area (Å²) in [6.45, 7) is 11.0. The molecular weight excluding hydrogens is 204 g/mol. The summed E-state index contributed by atoms with van der Waals surface area (Å²) in [4.78, 5) is 0. The predicted molar refractivity (Wildman–Crippen MR) is 82.6 cm³/mol. The Morgan fingerprint density at radius 2 is 0.941 bits per heavy atom. The van der Waals surface area contributed by atoms with Crippen molar-refractivity contribution in [2.45, 2.75) is 105 Å². The summed E-state index contributed by atoms with van der Waals surface area (Å²) >= 11 is 0. The first-order chi connectivity index (χ1) is 8.31. The molecule has 1 unspecified atom stereocenters. The highest BCUT2D eigenvalue weighted by atomic mass is 14.1. The van der Waals surface area contributed by atoms with Crippen LogP contribution in [0.4, 0.5) is 0 Å². The molecule has 17 heavy (non-hydrogen) atoms. The van der Waals surface area contributed by atoms with Crippen molar-refractivity contribution in [2.24, 2.45) is 5.92 Å². The van der Waals surface area contributed by atoms with E-state index in [4.69, 9.17) is 0 Å². The molecule has 0 heteroatoms. The van der Waals surface area contributed by atoms with E-state index in [1.54, 1.807) is 0 Å². The lowest BCUT2D eigenvalue weighted by Gasteiger charge is -2.10. The number of rotatable bonds is 11. The topological polar surface area (TPSA) is 0 Å². The summed E-state index contributed by atoms with van der Waals surface area (Å²) in [5, 5.41) is 0. The van der Waals surface area contributed by atoms with E-state index in [0.717, 1.165) is 5.92 Å². The summed E-state index contributed by atoms with van der Waals surface area (Å²) < 4.78 is 0. The Kier molecular flexibility index (Phi) is 20.9. The van der Waals surface area contributed by atoms with Crippen molar-refractivity contribution in [2.75, 3.05) is 0 Å².